The van der Waals surface area contributed by atoms with Crippen LogP contribution >= 0.6 is 0 Å². The van der Waals surface area contributed by atoms with E-state index >= 15 is 0 Å². The van der Waals surface area contributed by atoms with Crippen molar-refractivity contribution in [1.29, 1.82) is 0 Å². The van der Waals surface area contributed by atoms with Crippen LogP contribution in [-0.2, 0) is 0 Å². The highest BCUT2D eigenvalue weighted by Crippen LogP contribution is 2.41. The van der Waals surface area contributed by atoms with E-state index in [0.717, 1.165) is 31.4 Å². The predicted octanol–water partition coefficient (Wildman–Crippen LogP) is 5.65. The lowest BCUT2D eigenvalue weighted by molar-refractivity contribution is 0.211. The van der Waals surface area contributed by atoms with Crippen LogP contribution in [0.1, 0.15) is 85.0 Å². The normalized spacial score (nSPS) is 25.4. The minimum Gasteiger partial charge on any atom is -0.356 e. The van der Waals surface area contributed by atoms with Gasteiger partial charge >= 0.3 is 0 Å². The van der Waals surface area contributed by atoms with Gasteiger partial charge in [-0.3, -0.25) is 0 Å². The third-order valence-corrected chi connectivity index (χ3v) is 7.77. The molecule has 1 unspecified atom stereocenters. The van der Waals surface area contributed by atoms with E-state index in [1.54, 1.807) is 11.1 Å². The molecule has 5 heteroatoms. The number of rotatable bonds is 6. The van der Waals surface area contributed by atoms with E-state index in [9.17, 15) is 0 Å². The van der Waals surface area contributed by atoms with Crippen LogP contribution < -0.4 is 10.2 Å². The Morgan fingerprint density at radius 1 is 1.06 bits per heavy atom. The van der Waals surface area contributed by atoms with Crippen molar-refractivity contribution in [3.05, 3.63) is 23.4 Å². The molecule has 0 spiro atoms. The Kier molecular flexibility index (Phi) is 7.52. The van der Waals surface area contributed by atoms with Crippen molar-refractivity contribution in [2.45, 2.75) is 91.0 Å². The highest BCUT2D eigenvalue weighted by atomic mass is 15.2. The summed E-state index contributed by atoms with van der Waals surface area (Å²) in [4.78, 5) is 14.5. The van der Waals surface area contributed by atoms with Gasteiger partial charge in [-0.2, -0.15) is 4.98 Å². The lowest BCUT2D eigenvalue weighted by Crippen LogP contribution is -2.43. The van der Waals surface area contributed by atoms with Gasteiger partial charge in [0.15, 0.2) is 0 Å². The summed E-state index contributed by atoms with van der Waals surface area (Å²) in [7, 11) is 0. The molecule has 5 nitrogen and oxygen atoms in total. The van der Waals surface area contributed by atoms with Crippen molar-refractivity contribution in [1.82, 2.24) is 14.9 Å². The van der Waals surface area contributed by atoms with Crippen molar-refractivity contribution in [2.75, 3.05) is 42.9 Å². The SMILES string of the molecule is CC1=C(CCN2CCCC(Nc3nccc(N4CCCCCC4)n3)C2)C(C)(C)CCC1. The molecule has 2 aliphatic heterocycles. The van der Waals surface area contributed by atoms with Crippen LogP contribution in [-0.4, -0.2) is 53.6 Å². The molecule has 31 heavy (non-hydrogen) atoms. The molecule has 172 valence electrons. The van der Waals surface area contributed by atoms with Crippen LogP contribution in [0.4, 0.5) is 11.8 Å². The third-order valence-electron chi connectivity index (χ3n) is 7.77. The van der Waals surface area contributed by atoms with E-state index in [-0.39, 0.29) is 0 Å². The summed E-state index contributed by atoms with van der Waals surface area (Å²) in [5.41, 5.74) is 3.76. The van der Waals surface area contributed by atoms with Crippen molar-refractivity contribution in [3.8, 4) is 0 Å². The fraction of sp³-hybridized carbons (Fsp3) is 0.769. The maximum absolute atomic E-state index is 4.88. The van der Waals surface area contributed by atoms with Crippen LogP contribution in [0, 0.1) is 5.41 Å². The molecule has 3 heterocycles. The van der Waals surface area contributed by atoms with Crippen LogP contribution in [0.25, 0.3) is 0 Å². The fourth-order valence-corrected chi connectivity index (χ4v) is 5.95. The molecule has 1 aromatic rings. The summed E-state index contributed by atoms with van der Waals surface area (Å²) in [6.07, 6.45) is 14.9. The Bertz CT molecular complexity index is 748. The maximum atomic E-state index is 4.88. The third kappa shape index (κ3) is 6.00. The van der Waals surface area contributed by atoms with Crippen LogP contribution in [0.3, 0.4) is 0 Å². The summed E-state index contributed by atoms with van der Waals surface area (Å²) in [5, 5.41) is 3.67. The van der Waals surface area contributed by atoms with Crippen LogP contribution in [0.5, 0.6) is 0 Å². The molecule has 2 fully saturated rings. The summed E-state index contributed by atoms with van der Waals surface area (Å²) in [5.74, 6) is 1.90. The topological polar surface area (TPSA) is 44.3 Å². The van der Waals surface area contributed by atoms with Crippen LogP contribution in [0.15, 0.2) is 23.4 Å². The van der Waals surface area contributed by atoms with Crippen molar-refractivity contribution < 1.29 is 0 Å². The number of nitrogens with zero attached hydrogens (tertiary/aromatic N) is 4. The number of nitrogens with one attached hydrogen (secondary N) is 1. The molecule has 4 rings (SSSR count). The van der Waals surface area contributed by atoms with Gasteiger partial charge in [0.05, 0.1) is 0 Å². The number of aromatic nitrogens is 2. The molecule has 0 amide bonds. The average molecular weight is 426 g/mol. The van der Waals surface area contributed by atoms with E-state index in [4.69, 9.17) is 4.98 Å². The Balaban J connectivity index is 1.32. The Morgan fingerprint density at radius 2 is 1.87 bits per heavy atom. The van der Waals surface area contributed by atoms with Gasteiger partial charge in [0, 0.05) is 38.4 Å². The monoisotopic (exact) mass is 425 g/mol. The number of hydrogen-bond donors (Lipinski definition) is 1. The smallest absolute Gasteiger partial charge is 0.224 e. The molecule has 0 saturated carbocycles. The first kappa shape index (κ1) is 22.6. The molecule has 0 bridgehead atoms. The zero-order chi connectivity index (χ0) is 21.7. The molecule has 0 radical (unpaired) electrons. The number of likely N-dealkylation sites (tertiary alicyclic amines) is 1. The molecule has 1 aliphatic carbocycles. The maximum Gasteiger partial charge on any atom is 0.224 e. The zero-order valence-corrected chi connectivity index (χ0v) is 20.1. The van der Waals surface area contributed by atoms with E-state index in [0.29, 0.717) is 11.5 Å². The molecule has 2 saturated heterocycles. The first-order valence-corrected chi connectivity index (χ1v) is 12.8. The highest BCUT2D eigenvalue weighted by molar-refractivity contribution is 5.43. The number of piperidine rings is 1. The van der Waals surface area contributed by atoms with E-state index < -0.39 is 0 Å². The molecule has 1 aromatic heterocycles. The second-order valence-corrected chi connectivity index (χ2v) is 10.7. The first-order valence-electron chi connectivity index (χ1n) is 12.8. The molecular weight excluding hydrogens is 382 g/mol. The average Bonchev–Trinajstić information content (AvgIpc) is 3.03. The zero-order valence-electron chi connectivity index (χ0n) is 20.1. The number of allylic oxidation sites excluding steroid dienone is 1. The lowest BCUT2D eigenvalue weighted by Gasteiger charge is -2.38. The van der Waals surface area contributed by atoms with Gasteiger partial charge in [0.2, 0.25) is 5.95 Å². The summed E-state index contributed by atoms with van der Waals surface area (Å²) in [6, 6.07) is 2.52. The van der Waals surface area contributed by atoms with Gasteiger partial charge in [0.1, 0.15) is 5.82 Å². The summed E-state index contributed by atoms with van der Waals surface area (Å²) < 4.78 is 0. The Hall–Kier alpha value is -1.62. The van der Waals surface area contributed by atoms with Crippen molar-refractivity contribution in [3.63, 3.8) is 0 Å². The minimum absolute atomic E-state index is 0.386. The largest absolute Gasteiger partial charge is 0.356 e. The molecular formula is C26H43N5. The Morgan fingerprint density at radius 3 is 2.65 bits per heavy atom. The molecule has 3 aliphatic rings. The quantitative estimate of drug-likeness (QED) is 0.597. The van der Waals surface area contributed by atoms with E-state index in [1.165, 1.54) is 77.3 Å². The standard InChI is InChI=1S/C26H43N5/c1-21-10-8-14-26(2,3)23(21)13-19-30-16-9-11-22(20-30)28-25-27-15-12-24(29-25)31-17-6-4-5-7-18-31/h12,15,22H,4-11,13-14,16-20H2,1-3H3,(H,27,28,29). The van der Waals surface area contributed by atoms with Gasteiger partial charge in [-0.15, -0.1) is 0 Å². The van der Waals surface area contributed by atoms with E-state index in [2.05, 4.69) is 46.9 Å². The van der Waals surface area contributed by atoms with Gasteiger partial charge in [0.25, 0.3) is 0 Å². The van der Waals surface area contributed by atoms with Gasteiger partial charge in [-0.1, -0.05) is 37.8 Å². The van der Waals surface area contributed by atoms with Crippen molar-refractivity contribution in [2.24, 2.45) is 5.41 Å². The fourth-order valence-electron chi connectivity index (χ4n) is 5.95. The predicted molar refractivity (Wildman–Crippen MR) is 131 cm³/mol. The number of hydrogen-bond acceptors (Lipinski definition) is 5. The van der Waals surface area contributed by atoms with E-state index in [1.807, 2.05) is 6.20 Å². The second kappa shape index (κ2) is 10.3. The number of anilines is 2. The minimum atomic E-state index is 0.386. The van der Waals surface area contributed by atoms with Gasteiger partial charge in [-0.25, -0.2) is 4.98 Å². The molecule has 1 atom stereocenters. The molecule has 0 aromatic carbocycles. The summed E-state index contributed by atoms with van der Waals surface area (Å²) in [6.45, 7) is 13.0. The lowest BCUT2D eigenvalue weighted by atomic mass is 9.71. The first-order chi connectivity index (χ1) is 15.0. The van der Waals surface area contributed by atoms with Crippen molar-refractivity contribution >= 4 is 11.8 Å². The second-order valence-electron chi connectivity index (χ2n) is 10.7. The molecule has 1 N–H and O–H groups in total. The highest BCUT2D eigenvalue weighted by Gasteiger charge is 2.29. The van der Waals surface area contributed by atoms with Gasteiger partial charge < -0.3 is 15.1 Å². The van der Waals surface area contributed by atoms with Gasteiger partial charge in [-0.05, 0) is 76.3 Å². The summed E-state index contributed by atoms with van der Waals surface area (Å²) >= 11 is 0. The Labute approximate surface area is 189 Å². The van der Waals surface area contributed by atoms with Crippen LogP contribution in [0.2, 0.25) is 0 Å².